The van der Waals surface area contributed by atoms with Gasteiger partial charge < -0.3 is 25.2 Å². The summed E-state index contributed by atoms with van der Waals surface area (Å²) in [5, 5.41) is 18.0. The maximum absolute atomic E-state index is 12.5. The van der Waals surface area contributed by atoms with Gasteiger partial charge >= 0.3 is 0 Å². The van der Waals surface area contributed by atoms with Crippen LogP contribution in [0.5, 0.6) is 5.88 Å². The van der Waals surface area contributed by atoms with Gasteiger partial charge in [0.2, 0.25) is 5.91 Å². The van der Waals surface area contributed by atoms with Crippen LogP contribution in [-0.2, 0) is 11.3 Å². The van der Waals surface area contributed by atoms with E-state index in [1.54, 1.807) is 41.1 Å². The molecule has 29 heavy (non-hydrogen) atoms. The number of rotatable bonds is 5. The molecule has 3 aromatic rings. The fraction of sp³-hybridized carbons (Fsp3) is 0.300. The number of carbonyl (C=O) groups is 2. The first-order chi connectivity index (χ1) is 14.0. The number of aryl methyl sites for hydroxylation is 1. The van der Waals surface area contributed by atoms with Crippen LogP contribution in [0.25, 0.3) is 10.8 Å². The normalized spacial score (nSPS) is 14.3. The van der Waals surface area contributed by atoms with E-state index in [2.05, 4.69) is 10.6 Å². The zero-order valence-electron chi connectivity index (χ0n) is 15.7. The lowest BCUT2D eigenvalue weighted by atomic mass is 10.2. The first kappa shape index (κ1) is 19.8. The lowest BCUT2D eigenvalue weighted by Gasteiger charge is -2.27. The highest BCUT2D eigenvalue weighted by molar-refractivity contribution is 7.18. The number of benzene rings is 1. The van der Waals surface area contributed by atoms with Gasteiger partial charge in [-0.2, -0.15) is 0 Å². The summed E-state index contributed by atoms with van der Waals surface area (Å²) >= 11 is 7.12. The number of anilines is 1. The van der Waals surface area contributed by atoms with Crippen molar-refractivity contribution in [3.05, 3.63) is 45.7 Å². The molecule has 3 heterocycles. The highest BCUT2D eigenvalue weighted by Gasteiger charge is 2.18. The number of nitrogens with zero attached hydrogens (tertiary/aromatic N) is 2. The second-order valence-electron chi connectivity index (χ2n) is 6.85. The molecule has 1 aliphatic rings. The molecule has 0 spiro atoms. The molecule has 1 fully saturated rings. The van der Waals surface area contributed by atoms with E-state index in [1.807, 2.05) is 4.90 Å². The fourth-order valence-corrected chi connectivity index (χ4v) is 4.40. The number of aromatic nitrogens is 1. The number of hydrogen-bond donors (Lipinski definition) is 3. The van der Waals surface area contributed by atoms with Gasteiger partial charge in [0.05, 0.1) is 14.9 Å². The van der Waals surface area contributed by atoms with Gasteiger partial charge in [0, 0.05) is 56.1 Å². The van der Waals surface area contributed by atoms with E-state index in [1.165, 1.54) is 11.3 Å². The van der Waals surface area contributed by atoms with Crippen LogP contribution in [-0.4, -0.2) is 52.6 Å². The van der Waals surface area contributed by atoms with Crippen LogP contribution >= 0.6 is 22.9 Å². The highest BCUT2D eigenvalue weighted by atomic mass is 35.5. The number of fused-ring (bicyclic) bond motifs is 1. The van der Waals surface area contributed by atoms with Crippen molar-refractivity contribution in [1.29, 1.82) is 0 Å². The number of aromatic hydroxyl groups is 1. The molecule has 7 nitrogen and oxygen atoms in total. The number of hydrogen-bond acceptors (Lipinski definition) is 5. The fourth-order valence-electron chi connectivity index (χ4n) is 3.46. The van der Waals surface area contributed by atoms with Crippen molar-refractivity contribution in [3.8, 4) is 5.88 Å². The molecule has 152 valence electrons. The lowest BCUT2D eigenvalue weighted by Crippen LogP contribution is -2.46. The molecular weight excluding hydrogens is 412 g/mol. The summed E-state index contributed by atoms with van der Waals surface area (Å²) in [6, 6.07) is 8.70. The SMILES string of the molecule is O=C(Nc1cccc2c(O)n(CCC(=O)N3CCNCC3)cc12)c1ccc(Cl)s1. The van der Waals surface area contributed by atoms with Crippen molar-refractivity contribution < 1.29 is 14.7 Å². The van der Waals surface area contributed by atoms with E-state index in [4.69, 9.17) is 11.6 Å². The molecule has 0 atom stereocenters. The minimum absolute atomic E-state index is 0.0757. The maximum atomic E-state index is 12.5. The smallest absolute Gasteiger partial charge is 0.265 e. The first-order valence-corrected chi connectivity index (χ1v) is 10.6. The molecule has 0 saturated carbocycles. The molecule has 1 aliphatic heterocycles. The molecular formula is C20H21ClN4O3S. The molecule has 0 aliphatic carbocycles. The van der Waals surface area contributed by atoms with Crippen LogP contribution in [0.2, 0.25) is 4.34 Å². The molecule has 3 N–H and O–H groups in total. The molecule has 4 rings (SSSR count). The van der Waals surface area contributed by atoms with Crippen LogP contribution in [0.4, 0.5) is 5.69 Å². The van der Waals surface area contributed by atoms with Crippen molar-refractivity contribution in [3.63, 3.8) is 0 Å². The Morgan fingerprint density at radius 1 is 1.17 bits per heavy atom. The van der Waals surface area contributed by atoms with Gasteiger partial charge in [0.15, 0.2) is 5.88 Å². The van der Waals surface area contributed by atoms with Gasteiger partial charge in [-0.3, -0.25) is 9.59 Å². The van der Waals surface area contributed by atoms with E-state index in [0.29, 0.717) is 46.3 Å². The van der Waals surface area contributed by atoms with Gasteiger partial charge in [-0.15, -0.1) is 11.3 Å². The maximum Gasteiger partial charge on any atom is 0.265 e. The Morgan fingerprint density at radius 2 is 1.97 bits per heavy atom. The Bertz CT molecular complexity index is 1060. The number of amides is 2. The zero-order valence-corrected chi connectivity index (χ0v) is 17.2. The van der Waals surface area contributed by atoms with Gasteiger partial charge in [-0.05, 0) is 24.3 Å². The molecule has 1 aromatic carbocycles. The molecule has 2 amide bonds. The zero-order chi connectivity index (χ0) is 20.4. The van der Waals surface area contributed by atoms with Crippen molar-refractivity contribution in [2.45, 2.75) is 13.0 Å². The summed E-state index contributed by atoms with van der Waals surface area (Å²) in [4.78, 5) is 27.2. The van der Waals surface area contributed by atoms with E-state index in [9.17, 15) is 14.7 Å². The minimum Gasteiger partial charge on any atom is -0.494 e. The number of thiophene rings is 1. The Morgan fingerprint density at radius 3 is 2.69 bits per heavy atom. The second kappa shape index (κ2) is 8.44. The number of nitrogens with one attached hydrogen (secondary N) is 2. The summed E-state index contributed by atoms with van der Waals surface area (Å²) in [7, 11) is 0. The Hall–Kier alpha value is -2.55. The number of piperazine rings is 1. The highest BCUT2D eigenvalue weighted by Crippen LogP contribution is 2.33. The Labute approximate surface area is 176 Å². The average molecular weight is 433 g/mol. The van der Waals surface area contributed by atoms with Crippen LogP contribution in [0.15, 0.2) is 36.5 Å². The van der Waals surface area contributed by atoms with Crippen molar-refractivity contribution in [2.24, 2.45) is 0 Å². The Kier molecular flexibility index (Phi) is 5.75. The van der Waals surface area contributed by atoms with Crippen molar-refractivity contribution in [1.82, 2.24) is 14.8 Å². The largest absolute Gasteiger partial charge is 0.494 e. The minimum atomic E-state index is -0.254. The van der Waals surface area contributed by atoms with Gasteiger partial charge in [0.1, 0.15) is 0 Å². The second-order valence-corrected chi connectivity index (χ2v) is 8.57. The van der Waals surface area contributed by atoms with Crippen LogP contribution < -0.4 is 10.6 Å². The molecule has 0 bridgehead atoms. The van der Waals surface area contributed by atoms with E-state index >= 15 is 0 Å². The third-order valence-corrected chi connectivity index (χ3v) is 6.22. The molecule has 2 aromatic heterocycles. The average Bonchev–Trinajstić information content (AvgIpc) is 3.31. The van der Waals surface area contributed by atoms with Gasteiger partial charge in [0.25, 0.3) is 5.91 Å². The van der Waals surface area contributed by atoms with Crippen molar-refractivity contribution >= 4 is 51.2 Å². The third-order valence-electron chi connectivity index (χ3n) is 4.99. The molecule has 9 heteroatoms. The topological polar surface area (TPSA) is 86.6 Å². The quantitative estimate of drug-likeness (QED) is 0.578. The van der Waals surface area contributed by atoms with Gasteiger partial charge in [-0.1, -0.05) is 17.7 Å². The predicted molar refractivity (Wildman–Crippen MR) is 115 cm³/mol. The summed E-state index contributed by atoms with van der Waals surface area (Å²) in [6.07, 6.45) is 2.08. The van der Waals surface area contributed by atoms with Gasteiger partial charge in [-0.25, -0.2) is 0 Å². The van der Waals surface area contributed by atoms with E-state index in [0.717, 1.165) is 18.5 Å². The first-order valence-electron chi connectivity index (χ1n) is 9.39. The number of carbonyl (C=O) groups excluding carboxylic acids is 2. The lowest BCUT2D eigenvalue weighted by molar-refractivity contribution is -0.132. The van der Waals surface area contributed by atoms with E-state index < -0.39 is 0 Å². The van der Waals surface area contributed by atoms with Crippen molar-refractivity contribution in [2.75, 3.05) is 31.5 Å². The molecule has 1 saturated heterocycles. The van der Waals surface area contributed by atoms with Crippen LogP contribution in [0, 0.1) is 0 Å². The molecule has 0 unspecified atom stereocenters. The summed E-state index contributed by atoms with van der Waals surface area (Å²) in [5.74, 6) is -0.0920. The standard InChI is InChI=1S/C20H21ClN4O3S/c21-17-5-4-16(29-17)19(27)23-15-3-1-2-13-14(15)12-25(20(13)28)9-6-18(26)24-10-7-22-8-11-24/h1-5,12,22,28H,6-11H2,(H,23,27). The number of halogens is 1. The summed E-state index contributed by atoms with van der Waals surface area (Å²) in [6.45, 7) is 3.41. The predicted octanol–water partition coefficient (Wildman–Crippen LogP) is 3.14. The van der Waals surface area contributed by atoms with Crippen LogP contribution in [0.1, 0.15) is 16.1 Å². The summed E-state index contributed by atoms with van der Waals surface area (Å²) < 4.78 is 2.20. The summed E-state index contributed by atoms with van der Waals surface area (Å²) in [5.41, 5.74) is 0.597. The Balaban J connectivity index is 1.51. The van der Waals surface area contributed by atoms with Crippen LogP contribution in [0.3, 0.4) is 0 Å². The molecule has 0 radical (unpaired) electrons. The monoisotopic (exact) mass is 432 g/mol. The van der Waals surface area contributed by atoms with E-state index in [-0.39, 0.29) is 17.7 Å². The third kappa shape index (κ3) is 4.24.